The molecule has 0 aliphatic heterocycles. The summed E-state index contributed by atoms with van der Waals surface area (Å²) in [7, 11) is 1.81. The normalized spacial score (nSPS) is 10.5. The third-order valence-corrected chi connectivity index (χ3v) is 2.51. The van der Waals surface area contributed by atoms with E-state index < -0.39 is 0 Å². The maximum absolute atomic E-state index is 9.00. The van der Waals surface area contributed by atoms with Gasteiger partial charge in [0.05, 0.1) is 17.9 Å². The molecule has 0 bridgehead atoms. The van der Waals surface area contributed by atoms with E-state index in [2.05, 4.69) is 5.10 Å². The van der Waals surface area contributed by atoms with Gasteiger partial charge in [0.25, 0.3) is 0 Å². The predicted molar refractivity (Wildman–Crippen MR) is 63.9 cm³/mol. The number of amidine groups is 1. The fraction of sp³-hybridized carbons (Fsp3) is 0.600. The SMILES string of the molecule is CCN(CCO)c1c(C(=N)N)c(C)nn1C. The van der Waals surface area contributed by atoms with E-state index in [-0.39, 0.29) is 12.4 Å². The molecule has 0 amide bonds. The van der Waals surface area contributed by atoms with Crippen molar-refractivity contribution in [2.75, 3.05) is 24.6 Å². The molecule has 4 N–H and O–H groups in total. The van der Waals surface area contributed by atoms with Gasteiger partial charge in [-0.25, -0.2) is 0 Å². The van der Waals surface area contributed by atoms with Gasteiger partial charge in [0.2, 0.25) is 0 Å². The standard InChI is InChI=1S/C10H19N5O/c1-4-15(5-6-16)10-8(9(11)12)7(2)13-14(10)3/h16H,4-6H2,1-3H3,(H3,11,12). The van der Waals surface area contributed by atoms with Crippen LogP contribution in [0.3, 0.4) is 0 Å². The Hall–Kier alpha value is -1.56. The summed E-state index contributed by atoms with van der Waals surface area (Å²) in [5, 5.41) is 20.8. The van der Waals surface area contributed by atoms with E-state index in [1.807, 2.05) is 25.8 Å². The second-order valence-electron chi connectivity index (χ2n) is 3.62. The summed E-state index contributed by atoms with van der Waals surface area (Å²) in [6.45, 7) is 5.12. The molecule has 1 aromatic rings. The van der Waals surface area contributed by atoms with Crippen LogP contribution in [0.25, 0.3) is 0 Å². The molecule has 0 fully saturated rings. The van der Waals surface area contributed by atoms with Crippen molar-refractivity contribution in [1.82, 2.24) is 9.78 Å². The van der Waals surface area contributed by atoms with E-state index in [9.17, 15) is 0 Å². The number of nitrogens with two attached hydrogens (primary N) is 1. The van der Waals surface area contributed by atoms with Crippen LogP contribution in [0.2, 0.25) is 0 Å². The fourth-order valence-electron chi connectivity index (χ4n) is 1.86. The van der Waals surface area contributed by atoms with E-state index in [4.69, 9.17) is 16.2 Å². The Morgan fingerprint density at radius 2 is 2.25 bits per heavy atom. The molecule has 0 aromatic carbocycles. The average molecular weight is 225 g/mol. The first-order valence-corrected chi connectivity index (χ1v) is 5.26. The molecular weight excluding hydrogens is 206 g/mol. The van der Waals surface area contributed by atoms with Crippen molar-refractivity contribution in [2.24, 2.45) is 12.8 Å². The van der Waals surface area contributed by atoms with Crippen molar-refractivity contribution >= 4 is 11.7 Å². The Morgan fingerprint density at radius 1 is 1.62 bits per heavy atom. The van der Waals surface area contributed by atoms with Gasteiger partial charge in [-0.1, -0.05) is 0 Å². The molecule has 1 aromatic heterocycles. The van der Waals surface area contributed by atoms with Gasteiger partial charge >= 0.3 is 0 Å². The summed E-state index contributed by atoms with van der Waals surface area (Å²) < 4.78 is 1.70. The van der Waals surface area contributed by atoms with E-state index >= 15 is 0 Å². The van der Waals surface area contributed by atoms with Crippen LogP contribution in [0.1, 0.15) is 18.2 Å². The van der Waals surface area contributed by atoms with Crippen LogP contribution in [0, 0.1) is 12.3 Å². The van der Waals surface area contributed by atoms with Gasteiger partial charge < -0.3 is 15.7 Å². The summed E-state index contributed by atoms with van der Waals surface area (Å²) in [4.78, 5) is 1.96. The fourth-order valence-corrected chi connectivity index (χ4v) is 1.86. The summed E-state index contributed by atoms with van der Waals surface area (Å²) in [6.07, 6.45) is 0. The first-order valence-electron chi connectivity index (χ1n) is 5.26. The summed E-state index contributed by atoms with van der Waals surface area (Å²) in [5.41, 5.74) is 6.95. The van der Waals surface area contributed by atoms with Crippen LogP contribution >= 0.6 is 0 Å². The number of aliphatic hydroxyl groups excluding tert-OH is 1. The molecule has 0 unspecified atom stereocenters. The molecule has 0 aliphatic rings. The number of nitrogen functional groups attached to an aromatic ring is 1. The number of nitrogens with one attached hydrogen (secondary N) is 1. The van der Waals surface area contributed by atoms with Crippen molar-refractivity contribution in [3.63, 3.8) is 0 Å². The minimum Gasteiger partial charge on any atom is -0.395 e. The topological polar surface area (TPSA) is 91.2 Å². The first-order chi connectivity index (χ1) is 7.52. The molecule has 0 radical (unpaired) electrons. The molecule has 0 saturated carbocycles. The van der Waals surface area contributed by atoms with E-state index in [1.54, 1.807) is 4.68 Å². The minimum absolute atomic E-state index is 0.0111. The molecule has 0 atom stereocenters. The zero-order valence-electron chi connectivity index (χ0n) is 9.99. The van der Waals surface area contributed by atoms with Gasteiger partial charge in [-0.2, -0.15) is 5.10 Å². The highest BCUT2D eigenvalue weighted by Crippen LogP contribution is 2.22. The van der Waals surface area contributed by atoms with Crippen molar-refractivity contribution in [3.8, 4) is 0 Å². The highest BCUT2D eigenvalue weighted by Gasteiger charge is 2.19. The van der Waals surface area contributed by atoms with Gasteiger partial charge in [0.1, 0.15) is 11.7 Å². The van der Waals surface area contributed by atoms with Gasteiger partial charge in [0.15, 0.2) is 0 Å². The molecule has 0 aliphatic carbocycles. The second-order valence-corrected chi connectivity index (χ2v) is 3.62. The third-order valence-electron chi connectivity index (χ3n) is 2.51. The summed E-state index contributed by atoms with van der Waals surface area (Å²) >= 11 is 0. The zero-order chi connectivity index (χ0) is 12.3. The molecule has 16 heavy (non-hydrogen) atoms. The maximum Gasteiger partial charge on any atom is 0.137 e. The molecule has 6 nitrogen and oxygen atoms in total. The lowest BCUT2D eigenvalue weighted by Crippen LogP contribution is -2.30. The number of aromatic nitrogens is 2. The maximum atomic E-state index is 9.00. The Labute approximate surface area is 95.2 Å². The Morgan fingerprint density at radius 3 is 2.69 bits per heavy atom. The Balaban J connectivity index is 3.24. The van der Waals surface area contributed by atoms with E-state index in [0.29, 0.717) is 12.1 Å². The number of anilines is 1. The molecule has 0 spiro atoms. The lowest BCUT2D eigenvalue weighted by molar-refractivity contribution is 0.301. The second kappa shape index (κ2) is 4.98. The average Bonchev–Trinajstić information content (AvgIpc) is 2.50. The number of nitrogens with zero attached hydrogens (tertiary/aromatic N) is 3. The van der Waals surface area contributed by atoms with Crippen LogP contribution < -0.4 is 10.6 Å². The molecular formula is C10H19N5O. The molecule has 6 heteroatoms. The number of hydrogen-bond donors (Lipinski definition) is 3. The predicted octanol–water partition coefficient (Wildman–Crippen LogP) is -0.169. The van der Waals surface area contributed by atoms with Crippen molar-refractivity contribution in [2.45, 2.75) is 13.8 Å². The highest BCUT2D eigenvalue weighted by molar-refractivity contribution is 6.00. The van der Waals surface area contributed by atoms with Crippen molar-refractivity contribution < 1.29 is 5.11 Å². The largest absolute Gasteiger partial charge is 0.395 e. The number of aliphatic hydroxyl groups is 1. The van der Waals surface area contributed by atoms with Gasteiger partial charge in [-0.15, -0.1) is 0 Å². The zero-order valence-corrected chi connectivity index (χ0v) is 9.99. The number of hydrogen-bond acceptors (Lipinski definition) is 4. The quantitative estimate of drug-likeness (QED) is 0.479. The van der Waals surface area contributed by atoms with Gasteiger partial charge in [-0.3, -0.25) is 10.1 Å². The highest BCUT2D eigenvalue weighted by atomic mass is 16.3. The minimum atomic E-state index is 0.0111. The van der Waals surface area contributed by atoms with Crippen molar-refractivity contribution in [1.29, 1.82) is 5.41 Å². The van der Waals surface area contributed by atoms with Crippen LogP contribution in [0.4, 0.5) is 5.82 Å². The van der Waals surface area contributed by atoms with Crippen LogP contribution in [-0.4, -0.2) is 40.4 Å². The smallest absolute Gasteiger partial charge is 0.137 e. The molecule has 0 saturated heterocycles. The van der Waals surface area contributed by atoms with Crippen molar-refractivity contribution in [3.05, 3.63) is 11.3 Å². The molecule has 1 heterocycles. The van der Waals surface area contributed by atoms with Gasteiger partial charge in [-0.05, 0) is 13.8 Å². The van der Waals surface area contributed by atoms with E-state index in [0.717, 1.165) is 18.1 Å². The molecule has 1 rings (SSSR count). The van der Waals surface area contributed by atoms with Gasteiger partial charge in [0, 0.05) is 20.1 Å². The number of aryl methyl sites for hydroxylation is 2. The van der Waals surface area contributed by atoms with Crippen LogP contribution in [0.5, 0.6) is 0 Å². The van der Waals surface area contributed by atoms with Crippen LogP contribution in [0.15, 0.2) is 0 Å². The lowest BCUT2D eigenvalue weighted by Gasteiger charge is -2.23. The monoisotopic (exact) mass is 225 g/mol. The lowest BCUT2D eigenvalue weighted by atomic mass is 10.2. The van der Waals surface area contributed by atoms with E-state index in [1.165, 1.54) is 0 Å². The Kier molecular flexibility index (Phi) is 3.89. The number of rotatable bonds is 5. The summed E-state index contributed by atoms with van der Waals surface area (Å²) in [5.74, 6) is 0.804. The summed E-state index contributed by atoms with van der Waals surface area (Å²) in [6, 6.07) is 0. The Bertz CT molecular complexity index is 385. The number of likely N-dealkylation sites (N-methyl/N-ethyl adjacent to an activating group) is 1. The first kappa shape index (κ1) is 12.5. The third kappa shape index (κ3) is 2.16. The molecule has 90 valence electrons. The van der Waals surface area contributed by atoms with Crippen LogP contribution in [-0.2, 0) is 7.05 Å².